The zero-order valence-electron chi connectivity index (χ0n) is 12.7. The molecule has 0 saturated carbocycles. The van der Waals surface area contributed by atoms with Crippen molar-refractivity contribution in [1.82, 2.24) is 0 Å². The van der Waals surface area contributed by atoms with Gasteiger partial charge >= 0.3 is 0 Å². The maximum absolute atomic E-state index is 6.06. The molecule has 0 fully saturated rings. The lowest BCUT2D eigenvalue weighted by molar-refractivity contribution is 0.202. The summed E-state index contributed by atoms with van der Waals surface area (Å²) in [7, 11) is 0. The molecule has 0 radical (unpaired) electrons. The number of thiol groups is 1. The molecule has 0 bridgehead atoms. The van der Waals surface area contributed by atoms with E-state index in [1.165, 1.54) is 15.4 Å². The number of benzene rings is 1. The maximum Gasteiger partial charge on any atom is 0.153 e. The molecule has 2 heterocycles. The monoisotopic (exact) mass is 328 g/mol. The Morgan fingerprint density at radius 2 is 1.35 bits per heavy atom. The SMILES string of the molecule is CC1(C)Oc2cc3c(c(C(C)(C)S)c2S1)SC(C)(C)O3. The molecule has 0 saturated heterocycles. The fourth-order valence-electron chi connectivity index (χ4n) is 2.57. The Bertz CT molecular complexity index is 544. The number of hydrogen-bond acceptors (Lipinski definition) is 5. The standard InChI is InChI=1S/C15H20O2S3/c1-13(2,18)10-11-8(16-14(3,4)19-11)7-9-12(10)20-15(5,6)17-9/h7,18H,1-6H3. The number of hydrogen-bond donors (Lipinski definition) is 1. The van der Waals surface area contributed by atoms with Crippen LogP contribution in [0.4, 0.5) is 0 Å². The Balaban J connectivity index is 2.23. The highest BCUT2D eigenvalue weighted by molar-refractivity contribution is 8.01. The minimum absolute atomic E-state index is 0.231. The smallest absolute Gasteiger partial charge is 0.153 e. The van der Waals surface area contributed by atoms with E-state index in [4.69, 9.17) is 22.1 Å². The van der Waals surface area contributed by atoms with Crippen LogP contribution >= 0.6 is 36.2 Å². The van der Waals surface area contributed by atoms with Crippen molar-refractivity contribution in [3.63, 3.8) is 0 Å². The first-order valence-electron chi connectivity index (χ1n) is 6.68. The second-order valence-electron chi connectivity index (χ2n) is 6.67. The van der Waals surface area contributed by atoms with Crippen molar-refractivity contribution in [3.05, 3.63) is 11.6 Å². The second kappa shape index (κ2) is 4.20. The molecule has 0 atom stereocenters. The molecule has 0 amide bonds. The molecule has 2 nitrogen and oxygen atoms in total. The van der Waals surface area contributed by atoms with Crippen LogP contribution < -0.4 is 9.47 Å². The van der Waals surface area contributed by atoms with Crippen molar-refractivity contribution in [1.29, 1.82) is 0 Å². The number of fused-ring (bicyclic) bond motifs is 2. The highest BCUT2D eigenvalue weighted by atomic mass is 32.2. The van der Waals surface area contributed by atoms with Gasteiger partial charge in [0.1, 0.15) is 11.5 Å². The van der Waals surface area contributed by atoms with Gasteiger partial charge in [0.25, 0.3) is 0 Å². The molecule has 0 aromatic heterocycles. The van der Waals surface area contributed by atoms with Crippen LogP contribution in [0.3, 0.4) is 0 Å². The molecule has 2 aliphatic heterocycles. The van der Waals surface area contributed by atoms with Crippen molar-refractivity contribution in [2.24, 2.45) is 0 Å². The predicted octanol–water partition coefficient (Wildman–Crippen LogP) is 5.29. The fraction of sp³-hybridized carbons (Fsp3) is 0.600. The van der Waals surface area contributed by atoms with Crippen molar-refractivity contribution in [3.8, 4) is 11.5 Å². The van der Waals surface area contributed by atoms with E-state index in [1.54, 1.807) is 23.5 Å². The van der Waals surface area contributed by atoms with Gasteiger partial charge in [-0.2, -0.15) is 12.6 Å². The Labute approximate surface area is 134 Å². The van der Waals surface area contributed by atoms with Gasteiger partial charge in [0, 0.05) is 16.4 Å². The minimum Gasteiger partial charge on any atom is -0.476 e. The van der Waals surface area contributed by atoms with Crippen molar-refractivity contribution >= 4 is 36.2 Å². The molecule has 20 heavy (non-hydrogen) atoms. The molecule has 1 aromatic rings. The van der Waals surface area contributed by atoms with Gasteiger partial charge in [-0.15, -0.1) is 0 Å². The van der Waals surface area contributed by atoms with Crippen LogP contribution in [0.25, 0.3) is 0 Å². The summed E-state index contributed by atoms with van der Waals surface area (Å²) in [6, 6.07) is 2.04. The maximum atomic E-state index is 6.06. The summed E-state index contributed by atoms with van der Waals surface area (Å²) in [6.07, 6.45) is 0. The average Bonchev–Trinajstić information content (AvgIpc) is 2.63. The van der Waals surface area contributed by atoms with Gasteiger partial charge in [-0.05, 0) is 41.5 Å². The van der Waals surface area contributed by atoms with Crippen LogP contribution in [-0.2, 0) is 4.75 Å². The van der Waals surface area contributed by atoms with E-state index in [-0.39, 0.29) is 14.6 Å². The second-order valence-corrected chi connectivity index (χ2v) is 11.0. The van der Waals surface area contributed by atoms with E-state index < -0.39 is 0 Å². The third kappa shape index (κ3) is 2.42. The van der Waals surface area contributed by atoms with Gasteiger partial charge in [0.15, 0.2) is 9.87 Å². The topological polar surface area (TPSA) is 18.5 Å². The summed E-state index contributed by atoms with van der Waals surface area (Å²) >= 11 is 8.36. The molecule has 1 aromatic carbocycles. The van der Waals surface area contributed by atoms with E-state index in [1.807, 2.05) is 6.07 Å². The van der Waals surface area contributed by atoms with E-state index >= 15 is 0 Å². The van der Waals surface area contributed by atoms with Crippen LogP contribution in [0, 0.1) is 0 Å². The molecule has 3 rings (SSSR count). The van der Waals surface area contributed by atoms with E-state index in [2.05, 4.69) is 41.5 Å². The summed E-state index contributed by atoms with van der Waals surface area (Å²) in [4.78, 5) is 1.96. The molecule has 0 spiro atoms. The van der Waals surface area contributed by atoms with Crippen molar-refractivity contribution in [2.45, 2.75) is 65.9 Å². The van der Waals surface area contributed by atoms with Crippen LogP contribution in [0.1, 0.15) is 47.1 Å². The lowest BCUT2D eigenvalue weighted by Gasteiger charge is -2.23. The van der Waals surface area contributed by atoms with Gasteiger partial charge in [-0.3, -0.25) is 0 Å². The van der Waals surface area contributed by atoms with Gasteiger partial charge in [0.05, 0.1) is 9.79 Å². The lowest BCUT2D eigenvalue weighted by atomic mass is 10.0. The first-order chi connectivity index (χ1) is 8.99. The zero-order chi connectivity index (χ0) is 14.9. The Hall–Kier alpha value is -0.130. The minimum atomic E-state index is -0.233. The molecule has 0 N–H and O–H groups in total. The molecule has 5 heteroatoms. The molecule has 0 aliphatic carbocycles. The normalized spacial score (nSPS) is 21.9. The van der Waals surface area contributed by atoms with Crippen LogP contribution in [0.5, 0.6) is 11.5 Å². The molecular weight excluding hydrogens is 308 g/mol. The summed E-state index contributed by atoms with van der Waals surface area (Å²) in [5.74, 6) is 1.85. The van der Waals surface area contributed by atoms with E-state index in [0.29, 0.717) is 0 Å². The summed E-state index contributed by atoms with van der Waals surface area (Å²) in [5.41, 5.74) is 1.24. The molecule has 110 valence electrons. The van der Waals surface area contributed by atoms with Crippen LogP contribution in [-0.4, -0.2) is 9.87 Å². The van der Waals surface area contributed by atoms with Crippen molar-refractivity contribution < 1.29 is 9.47 Å². The van der Waals surface area contributed by atoms with E-state index in [0.717, 1.165) is 11.5 Å². The van der Waals surface area contributed by atoms with Crippen LogP contribution in [0.15, 0.2) is 15.9 Å². The third-order valence-corrected chi connectivity index (χ3v) is 5.78. The van der Waals surface area contributed by atoms with E-state index in [9.17, 15) is 0 Å². The van der Waals surface area contributed by atoms with Crippen LogP contribution in [0.2, 0.25) is 0 Å². The average molecular weight is 329 g/mol. The fourth-order valence-corrected chi connectivity index (χ4v) is 5.58. The van der Waals surface area contributed by atoms with Crippen molar-refractivity contribution in [2.75, 3.05) is 0 Å². The third-order valence-electron chi connectivity index (χ3n) is 3.18. The first-order valence-corrected chi connectivity index (χ1v) is 8.76. The Morgan fingerprint density at radius 3 is 1.70 bits per heavy atom. The summed E-state index contributed by atoms with van der Waals surface area (Å²) in [6.45, 7) is 12.6. The lowest BCUT2D eigenvalue weighted by Crippen LogP contribution is -2.19. The van der Waals surface area contributed by atoms with Gasteiger partial charge < -0.3 is 9.47 Å². The predicted molar refractivity (Wildman–Crippen MR) is 89.6 cm³/mol. The highest BCUT2D eigenvalue weighted by Gasteiger charge is 2.43. The highest BCUT2D eigenvalue weighted by Crippen LogP contribution is 2.60. The quantitative estimate of drug-likeness (QED) is 0.705. The number of thioether (sulfide) groups is 2. The Morgan fingerprint density at radius 1 is 0.950 bits per heavy atom. The summed E-state index contributed by atoms with van der Waals surface area (Å²) in [5, 5.41) is 0. The largest absolute Gasteiger partial charge is 0.476 e. The van der Waals surface area contributed by atoms with Gasteiger partial charge in [-0.25, -0.2) is 0 Å². The van der Waals surface area contributed by atoms with Gasteiger partial charge in [0.2, 0.25) is 0 Å². The zero-order valence-corrected chi connectivity index (χ0v) is 15.2. The van der Waals surface area contributed by atoms with Gasteiger partial charge in [-0.1, -0.05) is 23.5 Å². The Kier molecular flexibility index (Phi) is 3.11. The first kappa shape index (κ1) is 14.8. The summed E-state index contributed by atoms with van der Waals surface area (Å²) < 4.78 is 11.9. The number of rotatable bonds is 1. The molecule has 0 unspecified atom stereocenters. The molecule has 2 aliphatic rings. The number of ether oxygens (including phenoxy) is 2. The molecular formula is C15H20O2S3.